The Morgan fingerprint density at radius 1 is 1.30 bits per heavy atom. The van der Waals surface area contributed by atoms with Crippen molar-refractivity contribution in [2.75, 3.05) is 12.4 Å². The van der Waals surface area contributed by atoms with Crippen LogP contribution in [0.2, 0.25) is 0 Å². The average Bonchev–Trinajstić information content (AvgIpc) is 3.03. The molecule has 1 N–H and O–H groups in total. The normalized spacial score (nSPS) is 27.6. The molecule has 0 aliphatic heterocycles. The molecular formula is C15H17Br2NO2. The lowest BCUT2D eigenvalue weighted by molar-refractivity contribution is 0.0601. The zero-order valence-electron chi connectivity index (χ0n) is 11.3. The molecule has 0 aromatic heterocycles. The third-order valence-electron chi connectivity index (χ3n) is 4.53. The van der Waals surface area contributed by atoms with E-state index in [1.165, 1.54) is 32.8 Å². The summed E-state index contributed by atoms with van der Waals surface area (Å²) in [6.45, 7) is 0. The minimum Gasteiger partial charge on any atom is -0.465 e. The van der Waals surface area contributed by atoms with Crippen molar-refractivity contribution in [3.63, 3.8) is 0 Å². The van der Waals surface area contributed by atoms with Crippen molar-refractivity contribution >= 4 is 43.5 Å². The van der Waals surface area contributed by atoms with E-state index in [-0.39, 0.29) is 5.97 Å². The van der Waals surface area contributed by atoms with Crippen molar-refractivity contribution in [2.45, 2.75) is 31.7 Å². The fourth-order valence-corrected chi connectivity index (χ4v) is 4.94. The fourth-order valence-electron chi connectivity index (χ4n) is 3.60. The van der Waals surface area contributed by atoms with Crippen LogP contribution in [0, 0.1) is 11.8 Å². The van der Waals surface area contributed by atoms with Gasteiger partial charge in [0.25, 0.3) is 0 Å². The molecule has 0 radical (unpaired) electrons. The van der Waals surface area contributed by atoms with Gasteiger partial charge in [0.1, 0.15) is 0 Å². The summed E-state index contributed by atoms with van der Waals surface area (Å²) in [5, 5.41) is 3.58. The van der Waals surface area contributed by atoms with E-state index in [4.69, 9.17) is 4.74 Å². The van der Waals surface area contributed by atoms with Gasteiger partial charge >= 0.3 is 5.97 Å². The molecule has 0 spiro atoms. The Hall–Kier alpha value is -0.550. The summed E-state index contributed by atoms with van der Waals surface area (Å²) in [4.78, 5) is 12.0. The zero-order valence-corrected chi connectivity index (χ0v) is 14.5. The number of carbonyl (C=O) groups is 1. The Morgan fingerprint density at radius 3 is 2.70 bits per heavy atom. The van der Waals surface area contributed by atoms with Crippen LogP contribution in [0.3, 0.4) is 0 Å². The van der Waals surface area contributed by atoms with Crippen LogP contribution in [0.25, 0.3) is 0 Å². The third kappa shape index (κ3) is 2.62. The van der Waals surface area contributed by atoms with E-state index in [2.05, 4.69) is 37.2 Å². The predicted octanol–water partition coefficient (Wildman–Crippen LogP) is 4.60. The second kappa shape index (κ2) is 5.68. The Balaban J connectivity index is 1.90. The number of fused-ring (bicyclic) bond motifs is 2. The van der Waals surface area contributed by atoms with Crippen molar-refractivity contribution in [1.29, 1.82) is 0 Å². The van der Waals surface area contributed by atoms with Gasteiger partial charge in [-0.1, -0.05) is 22.4 Å². The van der Waals surface area contributed by atoms with E-state index in [1.54, 1.807) is 0 Å². The van der Waals surface area contributed by atoms with Crippen molar-refractivity contribution in [1.82, 2.24) is 0 Å². The molecule has 0 amide bonds. The first-order valence-electron chi connectivity index (χ1n) is 6.92. The lowest BCUT2D eigenvalue weighted by Crippen LogP contribution is -2.27. The maximum atomic E-state index is 12.0. The number of carbonyl (C=O) groups excluding carboxylic acids is 1. The number of halogens is 2. The van der Waals surface area contributed by atoms with Crippen molar-refractivity contribution in [3.05, 3.63) is 26.6 Å². The Morgan fingerprint density at radius 2 is 2.10 bits per heavy atom. The monoisotopic (exact) mass is 401 g/mol. The molecule has 3 nitrogen and oxygen atoms in total. The van der Waals surface area contributed by atoms with E-state index in [1.807, 2.05) is 12.1 Å². The van der Waals surface area contributed by atoms with Gasteiger partial charge in [-0.25, -0.2) is 4.79 Å². The van der Waals surface area contributed by atoms with E-state index in [9.17, 15) is 4.79 Å². The molecule has 1 aromatic carbocycles. The van der Waals surface area contributed by atoms with Gasteiger partial charge in [0.15, 0.2) is 0 Å². The highest BCUT2D eigenvalue weighted by atomic mass is 79.9. The second-order valence-corrected chi connectivity index (χ2v) is 7.50. The van der Waals surface area contributed by atoms with Crippen LogP contribution >= 0.6 is 31.9 Å². The number of esters is 1. The molecule has 2 aliphatic rings. The number of benzene rings is 1. The van der Waals surface area contributed by atoms with Gasteiger partial charge in [-0.3, -0.25) is 0 Å². The number of rotatable bonds is 3. The van der Waals surface area contributed by atoms with Gasteiger partial charge in [-0.05, 0) is 59.2 Å². The largest absolute Gasteiger partial charge is 0.465 e. The highest BCUT2D eigenvalue weighted by Gasteiger charge is 2.40. The molecule has 3 atom stereocenters. The van der Waals surface area contributed by atoms with Crippen LogP contribution < -0.4 is 5.32 Å². The maximum Gasteiger partial charge on any atom is 0.340 e. The molecule has 1 aromatic rings. The fraction of sp³-hybridized carbons (Fsp3) is 0.533. The number of methoxy groups -OCH3 is 1. The number of nitrogens with one attached hydrogen (secondary N) is 1. The van der Waals surface area contributed by atoms with Gasteiger partial charge in [-0.2, -0.15) is 0 Å². The second-order valence-electron chi connectivity index (χ2n) is 5.73. The summed E-state index contributed by atoms with van der Waals surface area (Å²) in [6.07, 6.45) is 5.23. The lowest BCUT2D eigenvalue weighted by atomic mass is 9.95. The van der Waals surface area contributed by atoms with Crippen LogP contribution in [-0.2, 0) is 4.74 Å². The minimum atomic E-state index is -0.308. The molecule has 0 saturated heterocycles. The smallest absolute Gasteiger partial charge is 0.340 e. The van der Waals surface area contributed by atoms with Crippen molar-refractivity contribution in [3.8, 4) is 0 Å². The average molecular weight is 403 g/mol. The third-order valence-corrected chi connectivity index (χ3v) is 5.61. The van der Waals surface area contributed by atoms with Gasteiger partial charge < -0.3 is 10.1 Å². The quantitative estimate of drug-likeness (QED) is 0.751. The zero-order chi connectivity index (χ0) is 14.3. The highest BCUT2D eigenvalue weighted by Crippen LogP contribution is 2.46. The Labute approximate surface area is 135 Å². The molecular weight excluding hydrogens is 386 g/mol. The number of hydrogen-bond donors (Lipinski definition) is 1. The molecule has 5 heteroatoms. The van der Waals surface area contributed by atoms with E-state index in [0.717, 1.165) is 26.5 Å². The first-order chi connectivity index (χ1) is 9.58. The number of anilines is 1. The van der Waals surface area contributed by atoms with Crippen LogP contribution in [0.1, 0.15) is 36.0 Å². The number of hydrogen-bond acceptors (Lipinski definition) is 3. The molecule has 108 valence electrons. The molecule has 3 rings (SSSR count). The Bertz CT molecular complexity index is 547. The summed E-state index contributed by atoms with van der Waals surface area (Å²) in [5.74, 6) is 1.31. The van der Waals surface area contributed by atoms with Gasteiger partial charge in [0.2, 0.25) is 0 Å². The number of ether oxygens (including phenoxy) is 1. The summed E-state index contributed by atoms with van der Waals surface area (Å²) < 4.78 is 6.66. The molecule has 0 heterocycles. The van der Waals surface area contributed by atoms with E-state index >= 15 is 0 Å². The van der Waals surface area contributed by atoms with Crippen LogP contribution in [0.15, 0.2) is 21.1 Å². The highest BCUT2D eigenvalue weighted by molar-refractivity contribution is 9.11. The van der Waals surface area contributed by atoms with Gasteiger partial charge in [0.05, 0.1) is 18.4 Å². The van der Waals surface area contributed by atoms with Crippen molar-refractivity contribution in [2.24, 2.45) is 11.8 Å². The van der Waals surface area contributed by atoms with Crippen LogP contribution in [0.4, 0.5) is 5.69 Å². The molecule has 2 fully saturated rings. The van der Waals surface area contributed by atoms with Crippen LogP contribution in [0.5, 0.6) is 0 Å². The van der Waals surface area contributed by atoms with Gasteiger partial charge in [-0.15, -0.1) is 0 Å². The SMILES string of the molecule is COC(=O)c1cc(Br)cc(Br)c1NC1CC2CCC1C2. The minimum absolute atomic E-state index is 0.308. The molecule has 2 saturated carbocycles. The first-order valence-corrected chi connectivity index (χ1v) is 8.51. The van der Waals surface area contributed by atoms with Gasteiger partial charge in [0, 0.05) is 15.0 Å². The Kier molecular flexibility index (Phi) is 4.09. The van der Waals surface area contributed by atoms with E-state index < -0.39 is 0 Å². The van der Waals surface area contributed by atoms with Crippen LogP contribution in [-0.4, -0.2) is 19.1 Å². The molecule has 3 unspecified atom stereocenters. The molecule has 20 heavy (non-hydrogen) atoms. The standard InChI is InChI=1S/C15H17Br2NO2/c1-20-15(19)11-6-10(16)7-12(17)14(11)18-13-5-8-2-3-9(13)4-8/h6-9,13,18H,2-5H2,1H3. The van der Waals surface area contributed by atoms with Crippen molar-refractivity contribution < 1.29 is 9.53 Å². The topological polar surface area (TPSA) is 38.3 Å². The molecule has 2 aliphatic carbocycles. The predicted molar refractivity (Wildman–Crippen MR) is 86.0 cm³/mol. The first kappa shape index (κ1) is 14.4. The lowest BCUT2D eigenvalue weighted by Gasteiger charge is -2.25. The molecule has 2 bridgehead atoms. The summed E-state index contributed by atoms with van der Waals surface area (Å²) in [6, 6.07) is 4.25. The summed E-state index contributed by atoms with van der Waals surface area (Å²) in [5.41, 5.74) is 1.44. The maximum absolute atomic E-state index is 12.0. The summed E-state index contributed by atoms with van der Waals surface area (Å²) in [7, 11) is 1.42. The van der Waals surface area contributed by atoms with E-state index in [0.29, 0.717) is 11.6 Å². The summed E-state index contributed by atoms with van der Waals surface area (Å²) >= 11 is 6.98.